The zero-order valence-electron chi connectivity index (χ0n) is 15.9. The Hall–Kier alpha value is -2.83. The van der Waals surface area contributed by atoms with Gasteiger partial charge in [0.2, 0.25) is 0 Å². The third kappa shape index (κ3) is 4.13. The van der Waals surface area contributed by atoms with E-state index >= 15 is 0 Å². The van der Waals surface area contributed by atoms with E-state index in [0.717, 1.165) is 31.4 Å². The monoisotopic (exact) mass is 370 g/mol. The van der Waals surface area contributed by atoms with Gasteiger partial charge in [-0.25, -0.2) is 4.98 Å². The van der Waals surface area contributed by atoms with E-state index < -0.39 is 0 Å². The number of nitrogens with zero attached hydrogens (tertiary/aromatic N) is 2. The molecule has 3 rings (SSSR count). The number of hydrogen-bond acceptors (Lipinski definition) is 4. The first-order valence-electron chi connectivity index (χ1n) is 9.56. The van der Waals surface area contributed by atoms with Crippen molar-refractivity contribution in [3.63, 3.8) is 0 Å². The smallest absolute Gasteiger partial charge is 0.287 e. The van der Waals surface area contributed by atoms with E-state index in [1.165, 1.54) is 0 Å². The molecular formula is C20H26N4O3. The summed E-state index contributed by atoms with van der Waals surface area (Å²) in [7, 11) is 0. The van der Waals surface area contributed by atoms with Crippen LogP contribution in [0.3, 0.4) is 0 Å². The average molecular weight is 370 g/mol. The number of hydrogen-bond donors (Lipinski definition) is 2. The third-order valence-electron chi connectivity index (χ3n) is 4.51. The summed E-state index contributed by atoms with van der Waals surface area (Å²) in [6.07, 6.45) is 3.55. The molecular weight excluding hydrogens is 344 g/mol. The first kappa shape index (κ1) is 18.9. The van der Waals surface area contributed by atoms with Gasteiger partial charge in [0.15, 0.2) is 11.5 Å². The summed E-state index contributed by atoms with van der Waals surface area (Å²) in [6, 6.07) is 7.30. The van der Waals surface area contributed by atoms with E-state index in [0.29, 0.717) is 42.7 Å². The maximum absolute atomic E-state index is 12.9. The maximum atomic E-state index is 12.9. The van der Waals surface area contributed by atoms with Gasteiger partial charge in [-0.1, -0.05) is 19.1 Å². The van der Waals surface area contributed by atoms with Gasteiger partial charge in [-0.3, -0.25) is 9.59 Å². The molecule has 1 aromatic carbocycles. The lowest BCUT2D eigenvalue weighted by Crippen LogP contribution is -2.28. The molecule has 2 amide bonds. The quantitative estimate of drug-likeness (QED) is 0.785. The van der Waals surface area contributed by atoms with E-state index in [-0.39, 0.29) is 11.8 Å². The normalized spacial score (nSPS) is 13.0. The fourth-order valence-electron chi connectivity index (χ4n) is 3.25. The summed E-state index contributed by atoms with van der Waals surface area (Å²) in [5.41, 5.74) is 1.75. The van der Waals surface area contributed by atoms with Gasteiger partial charge >= 0.3 is 0 Å². The predicted octanol–water partition coefficient (Wildman–Crippen LogP) is 3.01. The zero-order chi connectivity index (χ0) is 19.2. The molecule has 0 atom stereocenters. The highest BCUT2D eigenvalue weighted by Crippen LogP contribution is 2.26. The van der Waals surface area contributed by atoms with Crippen molar-refractivity contribution in [3.8, 4) is 5.75 Å². The topological polar surface area (TPSA) is 85.2 Å². The molecule has 1 aliphatic heterocycles. The molecule has 2 N–H and O–H groups in total. The first-order chi connectivity index (χ1) is 13.2. The highest BCUT2D eigenvalue weighted by atomic mass is 16.5. The second kappa shape index (κ2) is 8.70. The molecule has 0 fully saturated rings. The number of amides is 2. The van der Waals surface area contributed by atoms with Crippen LogP contribution < -0.4 is 15.4 Å². The highest BCUT2D eigenvalue weighted by molar-refractivity contribution is 6.05. The van der Waals surface area contributed by atoms with Crippen LogP contribution in [0.4, 0.5) is 5.69 Å². The van der Waals surface area contributed by atoms with Gasteiger partial charge in [0, 0.05) is 13.1 Å². The molecule has 0 unspecified atom stereocenters. The van der Waals surface area contributed by atoms with E-state index in [9.17, 15) is 9.59 Å². The number of fused-ring (bicyclic) bond motifs is 1. The van der Waals surface area contributed by atoms with Crippen molar-refractivity contribution < 1.29 is 14.3 Å². The number of carbonyl (C=O) groups is 2. The Bertz CT molecular complexity index is 829. The number of carbonyl (C=O) groups excluding carboxylic acids is 2. The Kier molecular flexibility index (Phi) is 6.11. The molecule has 2 heterocycles. The summed E-state index contributed by atoms with van der Waals surface area (Å²) < 4.78 is 7.46. The van der Waals surface area contributed by atoms with E-state index in [1.54, 1.807) is 6.07 Å². The van der Waals surface area contributed by atoms with Crippen molar-refractivity contribution in [1.29, 1.82) is 0 Å². The highest BCUT2D eigenvalue weighted by Gasteiger charge is 2.27. The van der Waals surface area contributed by atoms with Crippen LogP contribution in [0.25, 0.3) is 0 Å². The number of benzene rings is 1. The summed E-state index contributed by atoms with van der Waals surface area (Å²) in [4.78, 5) is 29.8. The van der Waals surface area contributed by atoms with Crippen LogP contribution in [0.15, 0.2) is 24.3 Å². The molecule has 0 radical (unpaired) electrons. The standard InChI is InChI=1S/C20H26N4O3/c1-3-12-21-20(26)18-23-17(15-10-7-8-13-24(15)18)19(25)22-14-9-5-6-11-16(14)27-4-2/h5-6,9,11H,3-4,7-8,10,12-13H2,1-2H3,(H,21,26)(H,22,25). The van der Waals surface area contributed by atoms with Crippen LogP contribution in [-0.2, 0) is 13.0 Å². The van der Waals surface area contributed by atoms with Crippen LogP contribution in [0.1, 0.15) is 59.9 Å². The molecule has 0 bridgehead atoms. The van der Waals surface area contributed by atoms with Crippen molar-refractivity contribution in [2.24, 2.45) is 0 Å². The van der Waals surface area contributed by atoms with E-state index in [1.807, 2.05) is 36.6 Å². The molecule has 0 saturated heterocycles. The zero-order valence-corrected chi connectivity index (χ0v) is 15.9. The fraction of sp³-hybridized carbons (Fsp3) is 0.450. The minimum absolute atomic E-state index is 0.228. The van der Waals surface area contributed by atoms with Gasteiger partial charge in [0.1, 0.15) is 5.75 Å². The van der Waals surface area contributed by atoms with Gasteiger partial charge in [-0.15, -0.1) is 0 Å². The lowest BCUT2D eigenvalue weighted by atomic mass is 10.1. The Morgan fingerprint density at radius 2 is 2.00 bits per heavy atom. The van der Waals surface area contributed by atoms with Crippen molar-refractivity contribution in [3.05, 3.63) is 41.5 Å². The fourth-order valence-corrected chi connectivity index (χ4v) is 3.25. The SMILES string of the molecule is CCCNC(=O)c1nc(C(=O)Nc2ccccc2OCC)c2n1CCCC2. The number of aromatic nitrogens is 2. The summed E-state index contributed by atoms with van der Waals surface area (Å²) in [6.45, 7) is 5.69. The molecule has 0 aliphatic carbocycles. The minimum atomic E-state index is -0.317. The molecule has 7 heteroatoms. The number of para-hydroxylation sites is 2. The number of rotatable bonds is 7. The van der Waals surface area contributed by atoms with Gasteiger partial charge in [-0.2, -0.15) is 0 Å². The molecule has 2 aromatic rings. The Morgan fingerprint density at radius 1 is 1.19 bits per heavy atom. The Balaban J connectivity index is 1.89. The molecule has 0 spiro atoms. The van der Waals surface area contributed by atoms with Crippen molar-refractivity contribution in [2.45, 2.75) is 46.1 Å². The summed E-state index contributed by atoms with van der Waals surface area (Å²) in [5.74, 6) is 0.389. The van der Waals surface area contributed by atoms with E-state index in [4.69, 9.17) is 4.74 Å². The molecule has 0 saturated carbocycles. The molecule has 7 nitrogen and oxygen atoms in total. The van der Waals surface area contributed by atoms with Crippen LogP contribution in [0, 0.1) is 0 Å². The van der Waals surface area contributed by atoms with Crippen molar-refractivity contribution in [2.75, 3.05) is 18.5 Å². The lowest BCUT2D eigenvalue weighted by Gasteiger charge is -2.17. The summed E-state index contributed by atoms with van der Waals surface area (Å²) >= 11 is 0. The largest absolute Gasteiger partial charge is 0.492 e. The maximum Gasteiger partial charge on any atom is 0.287 e. The van der Waals surface area contributed by atoms with Crippen LogP contribution in [-0.4, -0.2) is 34.5 Å². The van der Waals surface area contributed by atoms with Crippen molar-refractivity contribution >= 4 is 17.5 Å². The molecule has 27 heavy (non-hydrogen) atoms. The molecule has 1 aromatic heterocycles. The van der Waals surface area contributed by atoms with Crippen LogP contribution in [0.5, 0.6) is 5.75 Å². The predicted molar refractivity (Wildman–Crippen MR) is 103 cm³/mol. The van der Waals surface area contributed by atoms with Crippen molar-refractivity contribution in [1.82, 2.24) is 14.9 Å². The second-order valence-corrected chi connectivity index (χ2v) is 6.48. The summed E-state index contributed by atoms with van der Waals surface area (Å²) in [5, 5.41) is 5.74. The minimum Gasteiger partial charge on any atom is -0.492 e. The Morgan fingerprint density at radius 3 is 2.78 bits per heavy atom. The van der Waals surface area contributed by atoms with E-state index in [2.05, 4.69) is 15.6 Å². The average Bonchev–Trinajstić information content (AvgIpc) is 3.08. The number of ether oxygens (including phenoxy) is 1. The molecule has 144 valence electrons. The van der Waals surface area contributed by atoms with Gasteiger partial charge in [0.25, 0.3) is 11.8 Å². The van der Waals surface area contributed by atoms with Gasteiger partial charge < -0.3 is 19.9 Å². The number of nitrogens with one attached hydrogen (secondary N) is 2. The lowest BCUT2D eigenvalue weighted by molar-refractivity contribution is 0.0937. The van der Waals surface area contributed by atoms with Crippen LogP contribution in [0.2, 0.25) is 0 Å². The van der Waals surface area contributed by atoms with Gasteiger partial charge in [-0.05, 0) is 44.7 Å². The first-order valence-corrected chi connectivity index (χ1v) is 9.56. The molecule has 1 aliphatic rings. The number of imidazole rings is 1. The third-order valence-corrected chi connectivity index (χ3v) is 4.51. The van der Waals surface area contributed by atoms with Crippen LogP contribution >= 0.6 is 0 Å². The second-order valence-electron chi connectivity index (χ2n) is 6.48. The van der Waals surface area contributed by atoms with Gasteiger partial charge in [0.05, 0.1) is 18.0 Å². The Labute approximate surface area is 159 Å². The number of anilines is 1.